The van der Waals surface area contributed by atoms with Gasteiger partial charge in [-0.3, -0.25) is 4.90 Å². The molecule has 0 aliphatic carbocycles. The molecule has 3 aromatic rings. The molecule has 2 aromatic carbocycles. The van der Waals surface area contributed by atoms with Crippen LogP contribution in [0.3, 0.4) is 0 Å². The summed E-state index contributed by atoms with van der Waals surface area (Å²) in [5.41, 5.74) is 4.45. The van der Waals surface area contributed by atoms with Gasteiger partial charge in [-0.25, -0.2) is 9.78 Å². The monoisotopic (exact) mass is 378 g/mol. The number of H-pyrrole nitrogens is 1. The van der Waals surface area contributed by atoms with Gasteiger partial charge in [0, 0.05) is 43.5 Å². The van der Waals surface area contributed by atoms with Gasteiger partial charge in [-0.1, -0.05) is 0 Å². The number of ether oxygens (including phenoxy) is 1. The maximum absolute atomic E-state index is 11.7. The molecule has 1 aliphatic heterocycles. The highest BCUT2D eigenvalue weighted by molar-refractivity contribution is 5.94. The zero-order chi connectivity index (χ0) is 19.7. The minimum absolute atomic E-state index is 0.347. The van der Waals surface area contributed by atoms with Crippen molar-refractivity contribution in [3.63, 3.8) is 0 Å². The molecule has 1 aliphatic rings. The Labute approximate surface area is 165 Å². The van der Waals surface area contributed by atoms with Gasteiger partial charge in [-0.2, -0.15) is 0 Å². The molecular formula is C22H26N4O2. The second-order valence-corrected chi connectivity index (χ2v) is 7.47. The van der Waals surface area contributed by atoms with Gasteiger partial charge in [0.25, 0.3) is 0 Å². The standard InChI is InChI=1S/C22H26N4O2/c1-15(2)25-10-12-26(13-11-25)18-7-4-16(5-8-18)21-23-19-9-6-17(22(27)28-3)14-20(19)24-21/h4-9,14-15H,10-13H2,1-3H3,(H,23,24). The summed E-state index contributed by atoms with van der Waals surface area (Å²) in [5, 5.41) is 0. The number of nitrogens with zero attached hydrogens (tertiary/aromatic N) is 3. The fourth-order valence-electron chi connectivity index (χ4n) is 3.72. The molecule has 0 atom stereocenters. The lowest BCUT2D eigenvalue weighted by molar-refractivity contribution is 0.0601. The van der Waals surface area contributed by atoms with Crippen LogP contribution in [0.25, 0.3) is 22.4 Å². The van der Waals surface area contributed by atoms with Crippen molar-refractivity contribution in [1.29, 1.82) is 0 Å². The largest absolute Gasteiger partial charge is 0.465 e. The Hall–Kier alpha value is -2.86. The molecule has 1 fully saturated rings. The van der Waals surface area contributed by atoms with Crippen LogP contribution in [0.15, 0.2) is 42.5 Å². The summed E-state index contributed by atoms with van der Waals surface area (Å²) in [6, 6.07) is 14.5. The molecule has 2 heterocycles. The van der Waals surface area contributed by atoms with Crippen molar-refractivity contribution in [2.75, 3.05) is 38.2 Å². The van der Waals surface area contributed by atoms with Crippen LogP contribution in [0, 0.1) is 0 Å². The van der Waals surface area contributed by atoms with Gasteiger partial charge in [-0.05, 0) is 56.3 Å². The number of hydrogen-bond donors (Lipinski definition) is 1. The number of carbonyl (C=O) groups is 1. The van der Waals surface area contributed by atoms with Crippen molar-refractivity contribution in [2.45, 2.75) is 19.9 Å². The Balaban J connectivity index is 1.52. The summed E-state index contributed by atoms with van der Waals surface area (Å²) in [6.45, 7) is 8.83. The van der Waals surface area contributed by atoms with E-state index < -0.39 is 0 Å². The van der Waals surface area contributed by atoms with Gasteiger partial charge < -0.3 is 14.6 Å². The molecule has 0 spiro atoms. The first-order valence-electron chi connectivity index (χ1n) is 9.72. The molecule has 4 rings (SSSR count). The topological polar surface area (TPSA) is 61.5 Å². The quantitative estimate of drug-likeness (QED) is 0.704. The van der Waals surface area contributed by atoms with E-state index in [9.17, 15) is 4.79 Å². The van der Waals surface area contributed by atoms with E-state index in [4.69, 9.17) is 4.74 Å². The molecule has 1 N–H and O–H groups in total. The third-order valence-corrected chi connectivity index (χ3v) is 5.45. The van der Waals surface area contributed by atoms with Crippen LogP contribution in [0.4, 0.5) is 5.69 Å². The minimum Gasteiger partial charge on any atom is -0.465 e. The van der Waals surface area contributed by atoms with Gasteiger partial charge in [-0.15, -0.1) is 0 Å². The number of carbonyl (C=O) groups excluding carboxylic acids is 1. The Morgan fingerprint density at radius 2 is 1.79 bits per heavy atom. The number of aromatic amines is 1. The number of nitrogens with one attached hydrogen (secondary N) is 1. The molecule has 1 aromatic heterocycles. The molecule has 0 bridgehead atoms. The number of piperazine rings is 1. The van der Waals surface area contributed by atoms with E-state index in [1.807, 2.05) is 6.07 Å². The Kier molecular flexibility index (Phi) is 5.05. The number of esters is 1. The SMILES string of the molecule is COC(=O)c1ccc2nc(-c3ccc(N4CCN(C(C)C)CC4)cc3)[nH]c2c1. The molecule has 0 saturated carbocycles. The Morgan fingerprint density at radius 1 is 1.07 bits per heavy atom. The van der Waals surface area contributed by atoms with Crippen LogP contribution in [-0.2, 0) is 4.74 Å². The third kappa shape index (κ3) is 3.60. The van der Waals surface area contributed by atoms with E-state index in [2.05, 4.69) is 57.9 Å². The van der Waals surface area contributed by atoms with Crippen molar-refractivity contribution < 1.29 is 9.53 Å². The van der Waals surface area contributed by atoms with Gasteiger partial charge in [0.2, 0.25) is 0 Å². The molecule has 28 heavy (non-hydrogen) atoms. The van der Waals surface area contributed by atoms with Crippen LogP contribution < -0.4 is 4.90 Å². The van der Waals surface area contributed by atoms with E-state index in [1.165, 1.54) is 12.8 Å². The van der Waals surface area contributed by atoms with Crippen LogP contribution in [0.2, 0.25) is 0 Å². The Morgan fingerprint density at radius 3 is 2.43 bits per heavy atom. The number of benzene rings is 2. The second kappa shape index (κ2) is 7.64. The molecule has 0 unspecified atom stereocenters. The summed E-state index contributed by atoms with van der Waals surface area (Å²) in [5.74, 6) is 0.452. The highest BCUT2D eigenvalue weighted by Crippen LogP contribution is 2.25. The number of imidazole rings is 1. The summed E-state index contributed by atoms with van der Waals surface area (Å²) >= 11 is 0. The molecule has 0 radical (unpaired) electrons. The average Bonchev–Trinajstić information content (AvgIpc) is 3.16. The zero-order valence-electron chi connectivity index (χ0n) is 16.6. The minimum atomic E-state index is -0.347. The lowest BCUT2D eigenvalue weighted by Crippen LogP contribution is -2.48. The summed E-state index contributed by atoms with van der Waals surface area (Å²) in [6.07, 6.45) is 0. The van der Waals surface area contributed by atoms with Gasteiger partial charge >= 0.3 is 5.97 Å². The van der Waals surface area contributed by atoms with Gasteiger partial charge in [0.05, 0.1) is 23.7 Å². The van der Waals surface area contributed by atoms with E-state index >= 15 is 0 Å². The fraction of sp³-hybridized carbons (Fsp3) is 0.364. The van der Waals surface area contributed by atoms with Crippen LogP contribution in [-0.4, -0.2) is 60.2 Å². The molecule has 146 valence electrons. The molecule has 6 heteroatoms. The van der Waals surface area contributed by atoms with Crippen molar-refractivity contribution in [2.24, 2.45) is 0 Å². The van der Waals surface area contributed by atoms with Crippen LogP contribution in [0.1, 0.15) is 24.2 Å². The fourth-order valence-corrected chi connectivity index (χ4v) is 3.72. The lowest BCUT2D eigenvalue weighted by Gasteiger charge is -2.38. The molecule has 0 amide bonds. The number of anilines is 1. The maximum Gasteiger partial charge on any atom is 0.337 e. The summed E-state index contributed by atoms with van der Waals surface area (Å²) < 4.78 is 4.79. The predicted molar refractivity (Wildman–Crippen MR) is 112 cm³/mol. The van der Waals surface area contributed by atoms with Crippen molar-refractivity contribution in [3.8, 4) is 11.4 Å². The highest BCUT2D eigenvalue weighted by Gasteiger charge is 2.19. The smallest absolute Gasteiger partial charge is 0.337 e. The second-order valence-electron chi connectivity index (χ2n) is 7.47. The van der Waals surface area contributed by atoms with Crippen molar-refractivity contribution in [1.82, 2.24) is 14.9 Å². The zero-order valence-corrected chi connectivity index (χ0v) is 16.6. The molecular weight excluding hydrogens is 352 g/mol. The highest BCUT2D eigenvalue weighted by atomic mass is 16.5. The first kappa shape index (κ1) is 18.5. The lowest BCUT2D eigenvalue weighted by atomic mass is 10.1. The average molecular weight is 378 g/mol. The summed E-state index contributed by atoms with van der Waals surface area (Å²) in [4.78, 5) is 24.6. The summed E-state index contributed by atoms with van der Waals surface area (Å²) in [7, 11) is 1.38. The third-order valence-electron chi connectivity index (χ3n) is 5.45. The number of methoxy groups -OCH3 is 1. The van der Waals surface area contributed by atoms with Gasteiger partial charge in [0.15, 0.2) is 0 Å². The maximum atomic E-state index is 11.7. The number of hydrogen-bond acceptors (Lipinski definition) is 5. The number of aromatic nitrogens is 2. The van der Waals surface area contributed by atoms with E-state index in [-0.39, 0.29) is 5.97 Å². The normalized spacial score (nSPS) is 15.4. The number of rotatable bonds is 4. The van der Waals surface area contributed by atoms with Gasteiger partial charge in [0.1, 0.15) is 5.82 Å². The van der Waals surface area contributed by atoms with Crippen LogP contribution >= 0.6 is 0 Å². The predicted octanol–water partition coefficient (Wildman–Crippen LogP) is 3.55. The first-order chi connectivity index (χ1) is 13.5. The molecule has 1 saturated heterocycles. The van der Waals surface area contributed by atoms with Crippen LogP contribution in [0.5, 0.6) is 0 Å². The molecule has 6 nitrogen and oxygen atoms in total. The first-order valence-corrected chi connectivity index (χ1v) is 9.72. The van der Waals surface area contributed by atoms with E-state index in [0.717, 1.165) is 48.6 Å². The van der Waals surface area contributed by atoms with E-state index in [1.54, 1.807) is 12.1 Å². The van der Waals surface area contributed by atoms with Crippen molar-refractivity contribution in [3.05, 3.63) is 48.0 Å². The van der Waals surface area contributed by atoms with Crippen molar-refractivity contribution >= 4 is 22.7 Å². The van der Waals surface area contributed by atoms with E-state index in [0.29, 0.717) is 11.6 Å². The Bertz CT molecular complexity index is 970. The number of fused-ring (bicyclic) bond motifs is 1.